The number of thiophene rings is 1. The predicted octanol–water partition coefficient (Wildman–Crippen LogP) is 4.29. The van der Waals surface area contributed by atoms with Gasteiger partial charge in [0.1, 0.15) is 0 Å². The molecule has 0 fully saturated rings. The number of hydrazine groups is 1. The monoisotopic (exact) mass is 270 g/mol. The van der Waals surface area contributed by atoms with Crippen molar-refractivity contribution in [2.45, 2.75) is 26.7 Å². The molecule has 2 N–H and O–H groups in total. The summed E-state index contributed by atoms with van der Waals surface area (Å²) in [5, 5.41) is 3.14. The molecule has 1 aliphatic rings. The zero-order valence-corrected chi connectivity index (χ0v) is 12.2. The van der Waals surface area contributed by atoms with Gasteiger partial charge in [-0.25, -0.2) is 5.84 Å². The van der Waals surface area contributed by atoms with Crippen LogP contribution in [0.3, 0.4) is 0 Å². The second-order valence-corrected chi connectivity index (χ2v) is 6.00. The highest BCUT2D eigenvalue weighted by molar-refractivity contribution is 7.20. The average molecular weight is 270 g/mol. The van der Waals surface area contributed by atoms with Crippen molar-refractivity contribution in [1.82, 2.24) is 5.01 Å². The Bertz CT molecular complexity index is 694. The van der Waals surface area contributed by atoms with E-state index in [-0.39, 0.29) is 0 Å². The van der Waals surface area contributed by atoms with Crippen molar-refractivity contribution in [3.63, 3.8) is 0 Å². The van der Waals surface area contributed by atoms with Crippen LogP contribution < -0.4 is 5.84 Å². The number of allylic oxidation sites excluding steroid dienone is 3. The molecule has 3 rings (SSSR count). The molecule has 1 aromatic carbocycles. The number of hydrogen-bond acceptors (Lipinski definition) is 3. The van der Waals surface area contributed by atoms with Gasteiger partial charge in [0, 0.05) is 27.4 Å². The fourth-order valence-electron chi connectivity index (χ4n) is 2.64. The Morgan fingerprint density at radius 2 is 2.16 bits per heavy atom. The van der Waals surface area contributed by atoms with Crippen LogP contribution >= 0.6 is 11.3 Å². The number of hydrogen-bond donors (Lipinski definition) is 1. The summed E-state index contributed by atoms with van der Waals surface area (Å²) in [6.45, 7) is 8.28. The third kappa shape index (κ3) is 1.81. The standard InChI is InChI=1S/C16H18N2S/c1-4-10(2)18(17)14-9-13-12-7-5-6-8-15(12)19-16(13)11(14)3/h5-8H,2,4,9,17H2,1,3H3. The van der Waals surface area contributed by atoms with E-state index < -0.39 is 0 Å². The van der Waals surface area contributed by atoms with Crippen molar-refractivity contribution in [1.29, 1.82) is 0 Å². The molecule has 0 atom stereocenters. The Labute approximate surface area is 117 Å². The van der Waals surface area contributed by atoms with Crippen molar-refractivity contribution in [2.24, 2.45) is 5.84 Å². The van der Waals surface area contributed by atoms with Gasteiger partial charge in [0.15, 0.2) is 0 Å². The summed E-state index contributed by atoms with van der Waals surface area (Å²) in [6.07, 6.45) is 1.79. The van der Waals surface area contributed by atoms with Crippen LogP contribution in [0.25, 0.3) is 15.7 Å². The molecular weight excluding hydrogens is 252 g/mol. The van der Waals surface area contributed by atoms with Crippen LogP contribution in [0.2, 0.25) is 0 Å². The number of rotatable bonds is 3. The average Bonchev–Trinajstić information content (AvgIpc) is 2.95. The van der Waals surface area contributed by atoms with Crippen LogP contribution in [0.1, 0.15) is 30.7 Å². The molecule has 1 heterocycles. The van der Waals surface area contributed by atoms with Crippen molar-refractivity contribution in [3.05, 3.63) is 52.7 Å². The van der Waals surface area contributed by atoms with Gasteiger partial charge in [-0.2, -0.15) is 0 Å². The predicted molar refractivity (Wildman–Crippen MR) is 83.6 cm³/mol. The summed E-state index contributed by atoms with van der Waals surface area (Å²) >= 11 is 1.87. The maximum Gasteiger partial charge on any atom is 0.0433 e. The highest BCUT2D eigenvalue weighted by atomic mass is 32.1. The lowest BCUT2D eigenvalue weighted by atomic mass is 10.1. The van der Waals surface area contributed by atoms with Crippen LogP contribution in [0, 0.1) is 0 Å². The van der Waals surface area contributed by atoms with Crippen LogP contribution in [0.4, 0.5) is 0 Å². The lowest BCUT2D eigenvalue weighted by molar-refractivity contribution is 0.432. The molecule has 2 nitrogen and oxygen atoms in total. The topological polar surface area (TPSA) is 29.3 Å². The third-order valence-electron chi connectivity index (χ3n) is 3.86. The molecule has 0 saturated carbocycles. The van der Waals surface area contributed by atoms with E-state index in [1.807, 2.05) is 11.3 Å². The van der Waals surface area contributed by atoms with E-state index in [0.29, 0.717) is 0 Å². The van der Waals surface area contributed by atoms with Crippen LogP contribution in [-0.2, 0) is 6.42 Å². The molecule has 3 heteroatoms. The van der Waals surface area contributed by atoms with Gasteiger partial charge >= 0.3 is 0 Å². The van der Waals surface area contributed by atoms with Crippen LogP contribution in [0.15, 0.2) is 42.2 Å². The van der Waals surface area contributed by atoms with Gasteiger partial charge in [-0.15, -0.1) is 11.3 Å². The largest absolute Gasteiger partial charge is 0.288 e. The summed E-state index contributed by atoms with van der Waals surface area (Å²) in [5.74, 6) is 6.19. The Morgan fingerprint density at radius 1 is 1.42 bits per heavy atom. The van der Waals surface area contributed by atoms with Gasteiger partial charge in [0.2, 0.25) is 0 Å². The lowest BCUT2D eigenvalue weighted by Crippen LogP contribution is -2.29. The normalized spacial score (nSPS) is 14.1. The Balaban J connectivity index is 2.08. The van der Waals surface area contributed by atoms with Gasteiger partial charge in [0.05, 0.1) is 0 Å². The number of benzene rings is 1. The molecule has 0 aliphatic heterocycles. The molecule has 2 aromatic rings. The molecule has 0 bridgehead atoms. The Morgan fingerprint density at radius 3 is 2.89 bits per heavy atom. The van der Waals surface area contributed by atoms with E-state index in [4.69, 9.17) is 5.84 Å². The van der Waals surface area contributed by atoms with E-state index >= 15 is 0 Å². The molecule has 98 valence electrons. The molecule has 0 spiro atoms. The first-order chi connectivity index (χ1) is 9.13. The van der Waals surface area contributed by atoms with Crippen molar-refractivity contribution < 1.29 is 0 Å². The molecular formula is C16H18N2S. The third-order valence-corrected chi connectivity index (χ3v) is 5.19. The zero-order chi connectivity index (χ0) is 13.6. The molecule has 0 amide bonds. The van der Waals surface area contributed by atoms with Crippen molar-refractivity contribution in [2.75, 3.05) is 0 Å². The fraction of sp³-hybridized carbons (Fsp3) is 0.250. The van der Waals surface area contributed by atoms with E-state index in [2.05, 4.69) is 44.7 Å². The SMILES string of the molecule is C=C(CC)N(N)C1=C(C)c2sc3ccccc3c2C1. The van der Waals surface area contributed by atoms with E-state index in [9.17, 15) is 0 Å². The second-order valence-electron chi connectivity index (χ2n) is 4.94. The molecule has 1 aliphatic carbocycles. The molecule has 0 unspecified atom stereocenters. The minimum Gasteiger partial charge on any atom is -0.288 e. The van der Waals surface area contributed by atoms with Crippen molar-refractivity contribution in [3.8, 4) is 0 Å². The van der Waals surface area contributed by atoms with Gasteiger partial charge in [-0.3, -0.25) is 5.01 Å². The maximum absolute atomic E-state index is 6.19. The highest BCUT2D eigenvalue weighted by Crippen LogP contribution is 2.44. The van der Waals surface area contributed by atoms with E-state index in [0.717, 1.165) is 18.5 Å². The smallest absolute Gasteiger partial charge is 0.0433 e. The Hall–Kier alpha value is -1.58. The number of nitrogens with zero attached hydrogens (tertiary/aromatic N) is 1. The van der Waals surface area contributed by atoms with Crippen molar-refractivity contribution >= 4 is 27.0 Å². The molecule has 19 heavy (non-hydrogen) atoms. The highest BCUT2D eigenvalue weighted by Gasteiger charge is 2.26. The zero-order valence-electron chi connectivity index (χ0n) is 11.4. The fourth-order valence-corrected chi connectivity index (χ4v) is 3.88. The van der Waals surface area contributed by atoms with Gasteiger partial charge in [-0.1, -0.05) is 31.7 Å². The Kier molecular flexibility index (Phi) is 2.96. The first kappa shape index (κ1) is 12.5. The minimum atomic E-state index is 0.877. The molecule has 0 radical (unpaired) electrons. The maximum atomic E-state index is 6.19. The summed E-state index contributed by atoms with van der Waals surface area (Å²) < 4.78 is 1.36. The van der Waals surface area contributed by atoms with Crippen LogP contribution in [-0.4, -0.2) is 5.01 Å². The van der Waals surface area contributed by atoms with Gasteiger partial charge in [0.25, 0.3) is 0 Å². The first-order valence-electron chi connectivity index (χ1n) is 6.56. The summed E-state index contributed by atoms with van der Waals surface area (Å²) in [4.78, 5) is 1.38. The summed E-state index contributed by atoms with van der Waals surface area (Å²) in [5.41, 5.74) is 4.88. The quantitative estimate of drug-likeness (QED) is 0.666. The minimum absolute atomic E-state index is 0.877. The summed E-state index contributed by atoms with van der Waals surface area (Å²) in [6, 6.07) is 8.60. The van der Waals surface area contributed by atoms with E-state index in [1.165, 1.54) is 31.8 Å². The molecule has 0 saturated heterocycles. The number of nitrogens with two attached hydrogens (primary N) is 1. The van der Waals surface area contributed by atoms with Crippen LogP contribution in [0.5, 0.6) is 0 Å². The number of fused-ring (bicyclic) bond motifs is 3. The first-order valence-corrected chi connectivity index (χ1v) is 7.38. The van der Waals surface area contributed by atoms with Gasteiger partial charge < -0.3 is 0 Å². The van der Waals surface area contributed by atoms with Gasteiger partial charge in [-0.05, 0) is 35.9 Å². The molecule has 1 aromatic heterocycles. The second kappa shape index (κ2) is 4.51. The summed E-state index contributed by atoms with van der Waals surface area (Å²) in [7, 11) is 0. The lowest BCUT2D eigenvalue weighted by Gasteiger charge is -2.22. The van der Waals surface area contributed by atoms with E-state index in [1.54, 1.807) is 5.01 Å².